The highest BCUT2D eigenvalue weighted by Gasteiger charge is 2.06. The summed E-state index contributed by atoms with van der Waals surface area (Å²) in [4.78, 5) is 11.4. The molecule has 0 radical (unpaired) electrons. The van der Waals surface area contributed by atoms with Gasteiger partial charge >= 0.3 is 5.69 Å². The number of aromatic nitrogens is 3. The van der Waals surface area contributed by atoms with Crippen LogP contribution in [0, 0.1) is 11.3 Å². The molecule has 110 valence electrons. The van der Waals surface area contributed by atoms with E-state index in [1.54, 1.807) is 28.8 Å². The predicted molar refractivity (Wildman–Crippen MR) is 80.5 cm³/mol. The van der Waals surface area contributed by atoms with E-state index < -0.39 is 0 Å². The Kier molecular flexibility index (Phi) is 5.46. The minimum Gasteiger partial charge on any atom is -0.494 e. The van der Waals surface area contributed by atoms with Gasteiger partial charge in [-0.05, 0) is 37.6 Å². The van der Waals surface area contributed by atoms with Gasteiger partial charge in [0.25, 0.3) is 0 Å². The molecule has 0 unspecified atom stereocenters. The Labute approximate surface area is 126 Å². The smallest absolute Gasteiger partial charge is 0.343 e. The standard InChI is InChI=1S/C14H16N4O2S/c1-2-18-13(19)16-17-14(18)21-9-3-8-20-12-6-4-11(10-15)5-7-12/h4-7H,2-3,8-9H2,1H3,(H,16,19). The van der Waals surface area contributed by atoms with Gasteiger partial charge in [-0.15, -0.1) is 5.10 Å². The fourth-order valence-electron chi connectivity index (χ4n) is 1.73. The highest BCUT2D eigenvalue weighted by molar-refractivity contribution is 7.99. The van der Waals surface area contributed by atoms with Gasteiger partial charge in [-0.25, -0.2) is 9.89 Å². The first-order valence-corrected chi connectivity index (χ1v) is 7.64. The molecule has 0 amide bonds. The average molecular weight is 304 g/mol. The van der Waals surface area contributed by atoms with E-state index in [9.17, 15) is 4.79 Å². The van der Waals surface area contributed by atoms with E-state index in [-0.39, 0.29) is 5.69 Å². The largest absolute Gasteiger partial charge is 0.494 e. The van der Waals surface area contributed by atoms with Gasteiger partial charge < -0.3 is 4.74 Å². The molecular weight excluding hydrogens is 288 g/mol. The van der Waals surface area contributed by atoms with Gasteiger partial charge in [0, 0.05) is 12.3 Å². The fraction of sp³-hybridized carbons (Fsp3) is 0.357. The molecule has 0 atom stereocenters. The monoisotopic (exact) mass is 304 g/mol. The Bertz CT molecular complexity index is 670. The molecule has 0 aliphatic carbocycles. The molecule has 1 aromatic heterocycles. The Balaban J connectivity index is 1.72. The zero-order chi connectivity index (χ0) is 15.1. The van der Waals surface area contributed by atoms with Crippen LogP contribution in [0.4, 0.5) is 0 Å². The minimum absolute atomic E-state index is 0.172. The van der Waals surface area contributed by atoms with Crippen LogP contribution >= 0.6 is 11.8 Å². The lowest BCUT2D eigenvalue weighted by molar-refractivity contribution is 0.318. The number of hydrogen-bond acceptors (Lipinski definition) is 5. The number of aromatic amines is 1. The van der Waals surface area contributed by atoms with Gasteiger partial charge in [0.15, 0.2) is 5.16 Å². The Morgan fingerprint density at radius 2 is 2.19 bits per heavy atom. The number of ether oxygens (including phenoxy) is 1. The number of thioether (sulfide) groups is 1. The van der Waals surface area contributed by atoms with Crippen molar-refractivity contribution in [1.29, 1.82) is 5.26 Å². The van der Waals surface area contributed by atoms with Crippen LogP contribution in [-0.2, 0) is 6.54 Å². The molecule has 0 bridgehead atoms. The van der Waals surface area contributed by atoms with Crippen LogP contribution in [0.15, 0.2) is 34.2 Å². The topological polar surface area (TPSA) is 83.7 Å². The summed E-state index contributed by atoms with van der Waals surface area (Å²) in [7, 11) is 0. The summed E-state index contributed by atoms with van der Waals surface area (Å²) in [6.45, 7) is 3.11. The summed E-state index contributed by atoms with van der Waals surface area (Å²) in [5, 5.41) is 15.8. The van der Waals surface area contributed by atoms with Crippen LogP contribution < -0.4 is 10.4 Å². The summed E-state index contributed by atoms with van der Waals surface area (Å²) in [6, 6.07) is 9.10. The second-order valence-electron chi connectivity index (χ2n) is 4.24. The molecular formula is C14H16N4O2S. The lowest BCUT2D eigenvalue weighted by Crippen LogP contribution is -2.16. The molecule has 0 aliphatic rings. The van der Waals surface area contributed by atoms with Crippen molar-refractivity contribution < 1.29 is 4.74 Å². The first kappa shape index (κ1) is 15.2. The SMILES string of the molecule is CCn1c(SCCCOc2ccc(C#N)cc2)n[nH]c1=O. The maximum absolute atomic E-state index is 11.4. The van der Waals surface area contributed by atoms with Gasteiger partial charge in [-0.3, -0.25) is 4.57 Å². The summed E-state index contributed by atoms with van der Waals surface area (Å²) >= 11 is 1.53. The second-order valence-corrected chi connectivity index (χ2v) is 5.30. The highest BCUT2D eigenvalue weighted by atomic mass is 32.2. The molecule has 0 spiro atoms. The minimum atomic E-state index is -0.172. The van der Waals surface area contributed by atoms with E-state index in [1.807, 2.05) is 6.92 Å². The Hall–Kier alpha value is -2.20. The number of rotatable bonds is 7. The molecule has 1 N–H and O–H groups in total. The molecule has 1 heterocycles. The number of H-pyrrole nitrogens is 1. The van der Waals surface area contributed by atoms with E-state index in [0.717, 1.165) is 17.9 Å². The summed E-state index contributed by atoms with van der Waals surface area (Å²) in [6.07, 6.45) is 0.843. The number of nitrogens with one attached hydrogen (secondary N) is 1. The van der Waals surface area contributed by atoms with E-state index in [1.165, 1.54) is 11.8 Å². The van der Waals surface area contributed by atoms with Crippen molar-refractivity contribution in [3.8, 4) is 11.8 Å². The molecule has 0 aliphatic heterocycles. The summed E-state index contributed by atoms with van der Waals surface area (Å²) in [5.41, 5.74) is 0.447. The quantitative estimate of drug-likeness (QED) is 0.625. The Morgan fingerprint density at radius 1 is 1.43 bits per heavy atom. The molecule has 6 nitrogen and oxygen atoms in total. The number of benzene rings is 1. The van der Waals surface area contributed by atoms with E-state index in [2.05, 4.69) is 16.3 Å². The second kappa shape index (κ2) is 7.55. The number of nitriles is 1. The van der Waals surface area contributed by atoms with Gasteiger partial charge in [0.2, 0.25) is 0 Å². The van der Waals surface area contributed by atoms with Crippen molar-refractivity contribution in [3.05, 3.63) is 40.3 Å². The van der Waals surface area contributed by atoms with E-state index in [0.29, 0.717) is 23.9 Å². The maximum atomic E-state index is 11.4. The van der Waals surface area contributed by atoms with Crippen LogP contribution in [0.3, 0.4) is 0 Å². The van der Waals surface area contributed by atoms with Crippen LogP contribution in [0.2, 0.25) is 0 Å². The first-order chi connectivity index (χ1) is 10.2. The van der Waals surface area contributed by atoms with Crippen molar-refractivity contribution in [3.63, 3.8) is 0 Å². The van der Waals surface area contributed by atoms with Crippen LogP contribution in [0.1, 0.15) is 18.9 Å². The molecule has 0 saturated heterocycles. The normalized spacial score (nSPS) is 10.3. The lowest BCUT2D eigenvalue weighted by Gasteiger charge is -2.06. The third-order valence-corrected chi connectivity index (χ3v) is 3.87. The van der Waals surface area contributed by atoms with Gasteiger partial charge in [0.05, 0.1) is 18.2 Å². The highest BCUT2D eigenvalue weighted by Crippen LogP contribution is 2.15. The third kappa shape index (κ3) is 4.13. The average Bonchev–Trinajstić information content (AvgIpc) is 2.87. The zero-order valence-electron chi connectivity index (χ0n) is 11.7. The summed E-state index contributed by atoms with van der Waals surface area (Å²) in [5.74, 6) is 1.57. The first-order valence-electron chi connectivity index (χ1n) is 6.65. The predicted octanol–water partition coefficient (Wildman–Crippen LogP) is 2.02. The molecule has 21 heavy (non-hydrogen) atoms. The lowest BCUT2D eigenvalue weighted by atomic mass is 10.2. The van der Waals surface area contributed by atoms with Crippen molar-refractivity contribution in [2.24, 2.45) is 0 Å². The molecule has 2 rings (SSSR count). The van der Waals surface area contributed by atoms with E-state index >= 15 is 0 Å². The van der Waals surface area contributed by atoms with E-state index in [4.69, 9.17) is 10.00 Å². The van der Waals surface area contributed by atoms with Gasteiger partial charge in [-0.1, -0.05) is 11.8 Å². The van der Waals surface area contributed by atoms with Crippen LogP contribution in [-0.4, -0.2) is 27.1 Å². The van der Waals surface area contributed by atoms with Crippen molar-refractivity contribution in [2.75, 3.05) is 12.4 Å². The van der Waals surface area contributed by atoms with Crippen molar-refractivity contribution >= 4 is 11.8 Å². The summed E-state index contributed by atoms with van der Waals surface area (Å²) < 4.78 is 7.19. The number of hydrogen-bond donors (Lipinski definition) is 1. The van der Waals surface area contributed by atoms with Gasteiger partial charge in [0.1, 0.15) is 5.75 Å². The van der Waals surface area contributed by atoms with Crippen LogP contribution in [0.25, 0.3) is 0 Å². The molecule has 1 aromatic carbocycles. The molecule has 0 saturated carbocycles. The molecule has 2 aromatic rings. The van der Waals surface area contributed by atoms with Gasteiger partial charge in [-0.2, -0.15) is 5.26 Å². The zero-order valence-corrected chi connectivity index (χ0v) is 12.5. The molecule has 7 heteroatoms. The molecule has 0 fully saturated rings. The van der Waals surface area contributed by atoms with Crippen LogP contribution in [0.5, 0.6) is 5.75 Å². The van der Waals surface area contributed by atoms with Crippen molar-refractivity contribution in [1.82, 2.24) is 14.8 Å². The maximum Gasteiger partial charge on any atom is 0.343 e. The Morgan fingerprint density at radius 3 is 2.86 bits per heavy atom. The fourth-order valence-corrected chi connectivity index (χ4v) is 2.65. The van der Waals surface area contributed by atoms with Crippen molar-refractivity contribution in [2.45, 2.75) is 25.0 Å². The number of nitrogens with zero attached hydrogens (tertiary/aromatic N) is 3. The third-order valence-electron chi connectivity index (χ3n) is 2.81.